The molecular weight excluding hydrogens is 424 g/mol. The Labute approximate surface area is 189 Å². The van der Waals surface area contributed by atoms with Crippen LogP contribution >= 0.6 is 0 Å². The van der Waals surface area contributed by atoms with E-state index in [0.717, 1.165) is 5.56 Å². The van der Waals surface area contributed by atoms with Crippen molar-refractivity contribution in [2.75, 3.05) is 19.5 Å². The van der Waals surface area contributed by atoms with E-state index < -0.39 is 5.91 Å². The lowest BCUT2D eigenvalue weighted by Gasteiger charge is -2.11. The van der Waals surface area contributed by atoms with Crippen molar-refractivity contribution in [2.45, 2.75) is 6.92 Å². The first-order valence-electron chi connectivity index (χ1n) is 9.94. The molecule has 0 aliphatic rings. The van der Waals surface area contributed by atoms with Crippen LogP contribution in [0.3, 0.4) is 0 Å². The molecule has 1 aromatic carbocycles. The predicted molar refractivity (Wildman–Crippen MR) is 120 cm³/mol. The third-order valence-corrected chi connectivity index (χ3v) is 4.82. The molecule has 3 heterocycles. The number of rotatable bonds is 6. The van der Waals surface area contributed by atoms with Crippen molar-refractivity contribution < 1.29 is 18.8 Å². The zero-order chi connectivity index (χ0) is 23.4. The van der Waals surface area contributed by atoms with Gasteiger partial charge in [0, 0.05) is 30.6 Å². The summed E-state index contributed by atoms with van der Waals surface area (Å²) in [5, 5.41) is 9.32. The zero-order valence-electron chi connectivity index (χ0n) is 18.1. The number of anilines is 1. The number of amides is 2. The molecule has 166 valence electrons. The van der Waals surface area contributed by atoms with Crippen molar-refractivity contribution in [3.05, 3.63) is 72.0 Å². The van der Waals surface area contributed by atoms with E-state index in [9.17, 15) is 9.59 Å². The second-order valence-electron chi connectivity index (χ2n) is 6.91. The molecular formula is C23H20N6O4. The minimum absolute atomic E-state index is 0.0513. The summed E-state index contributed by atoms with van der Waals surface area (Å²) in [6.45, 7) is 1.68. The third kappa shape index (κ3) is 4.40. The van der Waals surface area contributed by atoms with Gasteiger partial charge in [-0.15, -0.1) is 0 Å². The number of benzene rings is 1. The van der Waals surface area contributed by atoms with Crippen molar-refractivity contribution in [1.29, 1.82) is 0 Å². The number of hydrogen-bond donors (Lipinski definition) is 2. The van der Waals surface area contributed by atoms with Gasteiger partial charge in [-0.1, -0.05) is 35.5 Å². The molecule has 0 fully saturated rings. The Morgan fingerprint density at radius 2 is 1.70 bits per heavy atom. The van der Waals surface area contributed by atoms with Gasteiger partial charge < -0.3 is 19.9 Å². The minimum Gasteiger partial charge on any atom is -0.479 e. The van der Waals surface area contributed by atoms with Crippen LogP contribution < -0.4 is 15.4 Å². The maximum absolute atomic E-state index is 13.1. The first-order chi connectivity index (χ1) is 16.0. The maximum atomic E-state index is 13.1. The van der Waals surface area contributed by atoms with Gasteiger partial charge in [0.1, 0.15) is 22.7 Å². The molecule has 4 rings (SSSR count). The topological polar surface area (TPSA) is 132 Å². The zero-order valence-corrected chi connectivity index (χ0v) is 18.1. The van der Waals surface area contributed by atoms with Crippen molar-refractivity contribution in [2.24, 2.45) is 0 Å². The normalized spacial score (nSPS) is 10.5. The molecule has 0 atom stereocenters. The molecule has 2 amide bonds. The highest BCUT2D eigenvalue weighted by Crippen LogP contribution is 2.29. The van der Waals surface area contributed by atoms with Gasteiger partial charge in [0.15, 0.2) is 0 Å². The lowest BCUT2D eigenvalue weighted by Crippen LogP contribution is -2.20. The molecule has 10 heteroatoms. The highest BCUT2D eigenvalue weighted by molar-refractivity contribution is 6.09. The summed E-state index contributed by atoms with van der Waals surface area (Å²) in [7, 11) is 2.95. The molecule has 3 aromatic heterocycles. The van der Waals surface area contributed by atoms with Crippen molar-refractivity contribution in [3.8, 4) is 28.4 Å². The van der Waals surface area contributed by atoms with Crippen LogP contribution in [0.25, 0.3) is 22.5 Å². The lowest BCUT2D eigenvalue weighted by molar-refractivity contribution is 0.0952. The molecule has 0 aliphatic heterocycles. The summed E-state index contributed by atoms with van der Waals surface area (Å²) in [6.07, 6.45) is 2.98. The van der Waals surface area contributed by atoms with Crippen molar-refractivity contribution >= 4 is 17.5 Å². The lowest BCUT2D eigenvalue weighted by atomic mass is 10.1. The van der Waals surface area contributed by atoms with Gasteiger partial charge in [-0.05, 0) is 19.1 Å². The number of ether oxygens (including phenoxy) is 1. The first kappa shape index (κ1) is 21.6. The maximum Gasteiger partial charge on any atom is 0.288 e. The molecule has 0 saturated heterocycles. The molecule has 10 nitrogen and oxygen atoms in total. The van der Waals surface area contributed by atoms with Crippen LogP contribution in [-0.2, 0) is 0 Å². The Hall–Kier alpha value is -4.60. The van der Waals surface area contributed by atoms with Crippen LogP contribution in [0, 0.1) is 6.92 Å². The summed E-state index contributed by atoms with van der Waals surface area (Å²) in [5.74, 6) is -0.145. The van der Waals surface area contributed by atoms with E-state index in [4.69, 9.17) is 9.26 Å². The van der Waals surface area contributed by atoms with Gasteiger partial charge in [0.25, 0.3) is 11.8 Å². The fourth-order valence-electron chi connectivity index (χ4n) is 3.16. The molecule has 0 unspecified atom stereocenters. The molecule has 0 spiro atoms. The van der Waals surface area contributed by atoms with Crippen LogP contribution in [0.4, 0.5) is 5.69 Å². The number of nitrogens with one attached hydrogen (secondary N) is 2. The second-order valence-corrected chi connectivity index (χ2v) is 6.91. The SMILES string of the molecule is CNC(=O)c1ncc(-c2ccc(NC(=O)c3c(-c4ccccc4)noc3C)c(OC)n2)cn1. The van der Waals surface area contributed by atoms with Gasteiger partial charge in [-0.2, -0.15) is 0 Å². The Morgan fingerprint density at radius 3 is 2.36 bits per heavy atom. The summed E-state index contributed by atoms with van der Waals surface area (Å²) in [4.78, 5) is 37.2. The minimum atomic E-state index is -0.404. The molecule has 0 radical (unpaired) electrons. The van der Waals surface area contributed by atoms with E-state index in [-0.39, 0.29) is 17.6 Å². The average Bonchev–Trinajstić information content (AvgIpc) is 3.25. The summed E-state index contributed by atoms with van der Waals surface area (Å²) >= 11 is 0. The van der Waals surface area contributed by atoms with E-state index in [0.29, 0.717) is 34.0 Å². The van der Waals surface area contributed by atoms with Crippen LogP contribution in [0.1, 0.15) is 26.7 Å². The van der Waals surface area contributed by atoms with Crippen LogP contribution in [-0.4, -0.2) is 46.1 Å². The third-order valence-electron chi connectivity index (χ3n) is 4.82. The molecule has 0 bridgehead atoms. The summed E-state index contributed by atoms with van der Waals surface area (Å²) in [5.41, 5.74) is 3.00. The van der Waals surface area contributed by atoms with Crippen molar-refractivity contribution in [1.82, 2.24) is 25.4 Å². The van der Waals surface area contributed by atoms with E-state index in [1.807, 2.05) is 30.3 Å². The number of hydrogen-bond acceptors (Lipinski definition) is 8. The Morgan fingerprint density at radius 1 is 0.970 bits per heavy atom. The second kappa shape index (κ2) is 9.27. The van der Waals surface area contributed by atoms with E-state index >= 15 is 0 Å². The van der Waals surface area contributed by atoms with Crippen molar-refractivity contribution in [3.63, 3.8) is 0 Å². The fourth-order valence-corrected chi connectivity index (χ4v) is 3.16. The highest BCUT2D eigenvalue weighted by atomic mass is 16.5. The molecule has 0 saturated carbocycles. The van der Waals surface area contributed by atoms with Crippen LogP contribution in [0.2, 0.25) is 0 Å². The summed E-state index contributed by atoms with van der Waals surface area (Å²) < 4.78 is 10.7. The van der Waals surface area contributed by atoms with Gasteiger partial charge in [-0.25, -0.2) is 15.0 Å². The van der Waals surface area contributed by atoms with Gasteiger partial charge in [-0.3, -0.25) is 9.59 Å². The highest BCUT2D eigenvalue weighted by Gasteiger charge is 2.23. The summed E-state index contributed by atoms with van der Waals surface area (Å²) in [6, 6.07) is 12.7. The van der Waals surface area contributed by atoms with E-state index in [2.05, 4.69) is 30.7 Å². The van der Waals surface area contributed by atoms with Gasteiger partial charge >= 0.3 is 0 Å². The largest absolute Gasteiger partial charge is 0.479 e. The monoisotopic (exact) mass is 444 g/mol. The number of pyridine rings is 1. The number of methoxy groups -OCH3 is 1. The number of nitrogens with zero attached hydrogens (tertiary/aromatic N) is 4. The smallest absolute Gasteiger partial charge is 0.288 e. The number of aryl methyl sites for hydroxylation is 1. The number of carbonyl (C=O) groups excluding carboxylic acids is 2. The number of aromatic nitrogens is 4. The Kier molecular flexibility index (Phi) is 6.07. The Bertz CT molecular complexity index is 1300. The van der Waals surface area contributed by atoms with Gasteiger partial charge in [0.2, 0.25) is 11.7 Å². The standard InChI is InChI=1S/C23H20N6O4/c1-13-18(19(29-33-13)14-7-5-4-6-8-14)21(30)27-17-10-9-16(28-23(17)32-3)15-11-25-20(26-12-15)22(31)24-2/h4-12H,1-3H3,(H,24,31)(H,27,30). The van der Waals surface area contributed by atoms with E-state index in [1.54, 1.807) is 19.1 Å². The fraction of sp³-hybridized carbons (Fsp3) is 0.130. The van der Waals surface area contributed by atoms with E-state index in [1.165, 1.54) is 26.6 Å². The quantitative estimate of drug-likeness (QED) is 0.464. The number of carbonyl (C=O) groups is 2. The van der Waals surface area contributed by atoms with Crippen LogP contribution in [0.15, 0.2) is 59.4 Å². The average molecular weight is 444 g/mol. The van der Waals surface area contributed by atoms with Gasteiger partial charge in [0.05, 0.1) is 12.8 Å². The molecule has 2 N–H and O–H groups in total. The predicted octanol–water partition coefficient (Wildman–Crippen LogP) is 3.12. The van der Waals surface area contributed by atoms with Crippen LogP contribution in [0.5, 0.6) is 5.88 Å². The molecule has 4 aromatic rings. The molecule has 0 aliphatic carbocycles. The Balaban J connectivity index is 1.61. The molecule has 33 heavy (non-hydrogen) atoms. The first-order valence-corrected chi connectivity index (χ1v) is 9.94.